The van der Waals surface area contributed by atoms with Crippen LogP contribution in [0.4, 0.5) is 5.69 Å². The summed E-state index contributed by atoms with van der Waals surface area (Å²) in [7, 11) is 0. The Balaban J connectivity index is 1.48. The van der Waals surface area contributed by atoms with Crippen LogP contribution in [0.25, 0.3) is 0 Å². The van der Waals surface area contributed by atoms with Crippen LogP contribution >= 0.6 is 11.6 Å². The van der Waals surface area contributed by atoms with Gasteiger partial charge in [0.25, 0.3) is 0 Å². The molecule has 3 amide bonds. The SMILES string of the molecule is Cc1ccc(Cl)cc1NC(=O)CN1C(=O)[C@@H]2[C@@H](C1=O)[C@H]1C=C[C@@H]2C1. The molecule has 1 aromatic carbocycles. The maximum absolute atomic E-state index is 12.6. The van der Waals surface area contributed by atoms with Crippen LogP contribution in [0.15, 0.2) is 30.4 Å². The maximum Gasteiger partial charge on any atom is 0.244 e. The minimum Gasteiger partial charge on any atom is -0.324 e. The van der Waals surface area contributed by atoms with E-state index in [-0.39, 0.29) is 47.9 Å². The summed E-state index contributed by atoms with van der Waals surface area (Å²) in [5.41, 5.74) is 1.46. The largest absolute Gasteiger partial charge is 0.324 e. The van der Waals surface area contributed by atoms with Crippen LogP contribution in [0, 0.1) is 30.6 Å². The molecule has 1 heterocycles. The maximum atomic E-state index is 12.6. The molecule has 2 fully saturated rings. The van der Waals surface area contributed by atoms with Crippen molar-refractivity contribution in [1.82, 2.24) is 4.90 Å². The second-order valence-corrected chi connectivity index (χ2v) is 7.21. The lowest BCUT2D eigenvalue weighted by molar-refractivity contribution is -0.143. The molecule has 2 aliphatic carbocycles. The predicted molar refractivity (Wildman–Crippen MR) is 89.3 cm³/mol. The van der Waals surface area contributed by atoms with Crippen LogP contribution in [0.1, 0.15) is 12.0 Å². The molecular formula is C18H17ClN2O3. The van der Waals surface area contributed by atoms with Gasteiger partial charge in [-0.25, -0.2) is 0 Å². The highest BCUT2D eigenvalue weighted by Crippen LogP contribution is 2.52. The van der Waals surface area contributed by atoms with Crippen LogP contribution in [0.5, 0.6) is 0 Å². The topological polar surface area (TPSA) is 66.5 Å². The number of allylic oxidation sites excluding steroid dienone is 2. The summed E-state index contributed by atoms with van der Waals surface area (Å²) in [5.74, 6) is -1.04. The van der Waals surface area contributed by atoms with Gasteiger partial charge in [-0.15, -0.1) is 0 Å². The summed E-state index contributed by atoms with van der Waals surface area (Å²) in [4.78, 5) is 38.6. The molecular weight excluding hydrogens is 328 g/mol. The van der Waals surface area contributed by atoms with Crippen molar-refractivity contribution in [2.45, 2.75) is 13.3 Å². The summed E-state index contributed by atoms with van der Waals surface area (Å²) in [6.45, 7) is 1.61. The molecule has 6 heteroatoms. The summed E-state index contributed by atoms with van der Waals surface area (Å²) < 4.78 is 0. The second kappa shape index (κ2) is 5.45. The lowest BCUT2D eigenvalue weighted by Gasteiger charge is -2.17. The highest BCUT2D eigenvalue weighted by Gasteiger charge is 2.59. The molecule has 1 saturated carbocycles. The first-order valence-electron chi connectivity index (χ1n) is 8.05. The first kappa shape index (κ1) is 15.4. The molecule has 1 N–H and O–H groups in total. The molecule has 124 valence electrons. The van der Waals surface area contributed by atoms with Gasteiger partial charge in [-0.05, 0) is 42.9 Å². The minimum absolute atomic E-state index is 0.152. The van der Waals surface area contributed by atoms with Crippen LogP contribution in [0.3, 0.4) is 0 Å². The van der Waals surface area contributed by atoms with Crippen molar-refractivity contribution >= 4 is 35.0 Å². The summed E-state index contributed by atoms with van der Waals surface area (Å²) in [6, 6.07) is 5.20. The number of nitrogens with zero attached hydrogens (tertiary/aromatic N) is 1. The molecule has 1 aliphatic heterocycles. The van der Waals surface area contributed by atoms with Crippen LogP contribution in [-0.2, 0) is 14.4 Å². The highest BCUT2D eigenvalue weighted by atomic mass is 35.5. The Morgan fingerprint density at radius 3 is 2.46 bits per heavy atom. The number of benzene rings is 1. The molecule has 1 saturated heterocycles. The smallest absolute Gasteiger partial charge is 0.244 e. The molecule has 0 aromatic heterocycles. The number of carbonyl (C=O) groups excluding carboxylic acids is 3. The number of imide groups is 1. The van der Waals surface area contributed by atoms with E-state index >= 15 is 0 Å². The first-order chi connectivity index (χ1) is 11.5. The first-order valence-corrected chi connectivity index (χ1v) is 8.43. The van der Waals surface area contributed by atoms with Crippen molar-refractivity contribution in [3.63, 3.8) is 0 Å². The van der Waals surface area contributed by atoms with E-state index in [0.29, 0.717) is 10.7 Å². The van der Waals surface area contributed by atoms with Gasteiger partial charge in [0.2, 0.25) is 17.7 Å². The normalized spacial score (nSPS) is 30.2. The molecule has 2 bridgehead atoms. The number of likely N-dealkylation sites (tertiary alicyclic amines) is 1. The van der Waals surface area contributed by atoms with Gasteiger partial charge in [0.15, 0.2) is 0 Å². The molecule has 4 rings (SSSR count). The van der Waals surface area contributed by atoms with E-state index in [1.165, 1.54) is 0 Å². The third-order valence-corrected chi connectivity index (χ3v) is 5.57. The van der Waals surface area contributed by atoms with E-state index in [1.807, 2.05) is 19.1 Å². The summed E-state index contributed by atoms with van der Waals surface area (Å²) in [5, 5.41) is 3.25. The number of nitrogens with one attached hydrogen (secondary N) is 1. The van der Waals surface area contributed by atoms with Gasteiger partial charge in [-0.2, -0.15) is 0 Å². The van der Waals surface area contributed by atoms with Crippen molar-refractivity contribution in [1.29, 1.82) is 0 Å². The zero-order valence-electron chi connectivity index (χ0n) is 13.2. The van der Waals surface area contributed by atoms with Gasteiger partial charge in [0, 0.05) is 10.7 Å². The van der Waals surface area contributed by atoms with Crippen molar-refractivity contribution in [3.8, 4) is 0 Å². The Morgan fingerprint density at radius 1 is 1.21 bits per heavy atom. The number of halogens is 1. The zero-order valence-corrected chi connectivity index (χ0v) is 13.9. The Kier molecular flexibility index (Phi) is 3.49. The molecule has 4 atom stereocenters. The van der Waals surface area contributed by atoms with Crippen molar-refractivity contribution in [2.75, 3.05) is 11.9 Å². The van der Waals surface area contributed by atoms with Gasteiger partial charge < -0.3 is 5.32 Å². The average molecular weight is 345 g/mol. The molecule has 0 unspecified atom stereocenters. The third-order valence-electron chi connectivity index (χ3n) is 5.34. The van der Waals surface area contributed by atoms with Crippen LogP contribution < -0.4 is 5.32 Å². The molecule has 0 spiro atoms. The number of fused-ring (bicyclic) bond motifs is 5. The van der Waals surface area contributed by atoms with Crippen LogP contribution in [0.2, 0.25) is 5.02 Å². The Hall–Kier alpha value is -2.14. The molecule has 24 heavy (non-hydrogen) atoms. The van der Waals surface area contributed by atoms with E-state index in [9.17, 15) is 14.4 Å². The Bertz CT molecular complexity index is 758. The quantitative estimate of drug-likeness (QED) is 0.676. The fourth-order valence-electron chi connectivity index (χ4n) is 4.18. The Labute approximate surface area is 144 Å². The number of amides is 3. The number of anilines is 1. The summed E-state index contributed by atoms with van der Waals surface area (Å²) in [6.07, 6.45) is 4.96. The van der Waals surface area contributed by atoms with E-state index in [4.69, 9.17) is 11.6 Å². The highest BCUT2D eigenvalue weighted by molar-refractivity contribution is 6.31. The lowest BCUT2D eigenvalue weighted by Crippen LogP contribution is -2.39. The van der Waals surface area contributed by atoms with E-state index in [2.05, 4.69) is 5.32 Å². The molecule has 1 aromatic rings. The standard InChI is InChI=1S/C18H17ClN2O3/c1-9-2-5-12(19)7-13(9)20-14(22)8-21-17(23)15-10-3-4-11(6-10)16(15)18(21)24/h2-5,7,10-11,15-16H,6,8H2,1H3,(H,20,22)/t10-,11+,15-,16-/m0/s1. The third kappa shape index (κ3) is 2.26. The van der Waals surface area contributed by atoms with Crippen molar-refractivity contribution < 1.29 is 14.4 Å². The summed E-state index contributed by atoms with van der Waals surface area (Å²) >= 11 is 5.94. The van der Waals surface area contributed by atoms with Gasteiger partial charge in [0.1, 0.15) is 6.54 Å². The monoisotopic (exact) mass is 344 g/mol. The van der Waals surface area contributed by atoms with Crippen LogP contribution in [-0.4, -0.2) is 29.2 Å². The van der Waals surface area contributed by atoms with E-state index < -0.39 is 0 Å². The van der Waals surface area contributed by atoms with E-state index in [0.717, 1.165) is 16.9 Å². The van der Waals surface area contributed by atoms with Gasteiger partial charge >= 0.3 is 0 Å². The molecule has 5 nitrogen and oxygen atoms in total. The zero-order chi connectivity index (χ0) is 17.0. The second-order valence-electron chi connectivity index (χ2n) is 6.77. The number of aryl methyl sites for hydroxylation is 1. The van der Waals surface area contributed by atoms with Crippen molar-refractivity contribution in [2.24, 2.45) is 23.7 Å². The number of rotatable bonds is 3. The number of carbonyl (C=O) groups is 3. The molecule has 3 aliphatic rings. The molecule has 0 radical (unpaired) electrons. The lowest BCUT2D eigenvalue weighted by atomic mass is 9.85. The van der Waals surface area contributed by atoms with Gasteiger partial charge in [-0.1, -0.05) is 29.8 Å². The number of hydrogen-bond donors (Lipinski definition) is 1. The number of hydrogen-bond acceptors (Lipinski definition) is 3. The van der Waals surface area contributed by atoms with Gasteiger partial charge in [-0.3, -0.25) is 19.3 Å². The van der Waals surface area contributed by atoms with E-state index in [1.54, 1.807) is 18.2 Å². The average Bonchev–Trinajstić information content (AvgIpc) is 3.21. The van der Waals surface area contributed by atoms with Gasteiger partial charge in [0.05, 0.1) is 11.8 Å². The minimum atomic E-state index is -0.387. The fourth-order valence-corrected chi connectivity index (χ4v) is 4.35. The Morgan fingerprint density at radius 2 is 1.83 bits per heavy atom. The fraction of sp³-hybridized carbons (Fsp3) is 0.389. The predicted octanol–water partition coefficient (Wildman–Crippen LogP) is 2.39. The van der Waals surface area contributed by atoms with Crippen molar-refractivity contribution in [3.05, 3.63) is 40.9 Å².